The highest BCUT2D eigenvalue weighted by Crippen LogP contribution is 2.26. The molecule has 0 bridgehead atoms. The van der Waals surface area contributed by atoms with E-state index in [4.69, 9.17) is 52.4 Å². The van der Waals surface area contributed by atoms with E-state index in [0.717, 1.165) is 0 Å². The van der Waals surface area contributed by atoms with E-state index in [1.54, 1.807) is 6.07 Å². The van der Waals surface area contributed by atoms with Crippen molar-refractivity contribution in [3.8, 4) is 0 Å². The molecule has 2 aromatic heterocycles. The van der Waals surface area contributed by atoms with E-state index in [9.17, 15) is 62.3 Å². The molecule has 28 heteroatoms. The second-order valence-electron chi connectivity index (χ2n) is 8.77. The van der Waals surface area contributed by atoms with Crippen LogP contribution in [0.2, 0.25) is 5.02 Å². The van der Waals surface area contributed by atoms with Gasteiger partial charge in [0.15, 0.2) is 12.7 Å². The molecular formula is C24H22ClF12N7O8. The van der Waals surface area contributed by atoms with E-state index in [-0.39, 0.29) is 41.0 Å². The Morgan fingerprint density at radius 2 is 1.27 bits per heavy atom. The Labute approximate surface area is 285 Å². The second-order valence-corrected chi connectivity index (χ2v) is 9.18. The normalized spacial score (nSPS) is 11.1. The highest BCUT2D eigenvalue weighted by molar-refractivity contribution is 6.31. The summed E-state index contributed by atoms with van der Waals surface area (Å²) >= 11 is 5.95. The number of H-pyrrole nitrogens is 2. The molecule has 2 rings (SSSR count). The van der Waals surface area contributed by atoms with Crippen LogP contribution in [-0.4, -0.2) is 67.3 Å². The molecule has 2 amide bonds. The number of nitrogens with two attached hydrogens (primary N) is 2. The van der Waals surface area contributed by atoms with Crippen molar-refractivity contribution in [2.45, 2.75) is 37.3 Å². The average Bonchev–Trinajstić information content (AvgIpc) is 2.98. The monoisotopic (exact) mass is 799 g/mol. The summed E-state index contributed by atoms with van der Waals surface area (Å²) in [6.45, 7) is -0.967. The van der Waals surface area contributed by atoms with Gasteiger partial charge in [-0.3, -0.25) is 26.0 Å². The Morgan fingerprint density at radius 3 is 1.65 bits per heavy atom. The summed E-state index contributed by atoms with van der Waals surface area (Å²) in [5.41, 5.74) is 4.57. The van der Waals surface area contributed by atoms with Crippen molar-refractivity contribution >= 4 is 53.1 Å². The van der Waals surface area contributed by atoms with Crippen LogP contribution in [0.3, 0.4) is 0 Å². The first-order valence-corrected chi connectivity index (χ1v) is 13.1. The molecule has 0 radical (unpaired) electrons. The lowest BCUT2D eigenvalue weighted by Gasteiger charge is -2.11. The minimum Gasteiger partial charge on any atom is -0.542 e. The van der Waals surface area contributed by atoms with E-state index >= 15 is 0 Å². The molecule has 9 N–H and O–H groups in total. The smallest absolute Gasteiger partial charge is 0.430 e. The number of carboxylic acid groups (broad SMARTS) is 3. The van der Waals surface area contributed by atoms with Gasteiger partial charge in [-0.1, -0.05) is 11.6 Å². The molecule has 0 aliphatic heterocycles. The molecule has 0 saturated heterocycles. The molecule has 0 unspecified atom stereocenters. The van der Waals surface area contributed by atoms with Gasteiger partial charge in [0, 0.05) is 24.2 Å². The van der Waals surface area contributed by atoms with Crippen molar-refractivity contribution in [3.05, 3.63) is 52.7 Å². The van der Waals surface area contributed by atoms with E-state index in [1.165, 1.54) is 24.5 Å². The number of carbonyl (C=O) groups is 5. The molecular weight excluding hydrogens is 778 g/mol. The summed E-state index contributed by atoms with van der Waals surface area (Å²) in [4.78, 5) is 54.7. The Kier molecular flexibility index (Phi) is 19.5. The summed E-state index contributed by atoms with van der Waals surface area (Å²) in [6, 6.07) is 4.20. The first kappa shape index (κ1) is 48.5. The number of pyridine rings is 2. The summed E-state index contributed by atoms with van der Waals surface area (Å²) in [7, 11) is 0. The van der Waals surface area contributed by atoms with Crippen LogP contribution in [0.1, 0.15) is 17.7 Å². The number of alkyl halides is 11. The van der Waals surface area contributed by atoms with Crippen LogP contribution < -0.4 is 52.4 Å². The molecule has 0 spiro atoms. The van der Waals surface area contributed by atoms with Gasteiger partial charge in [0.25, 0.3) is 11.6 Å². The van der Waals surface area contributed by atoms with E-state index in [1.807, 2.05) is 0 Å². The standard InChI is InChI=1S/C18H19ClF3N7O2.3C2HF3O2/c19-11-8-27-16(28-9-18(21,22)12-3-1-2-5-25-12)15(20)10(11)7-14(31)26-6-4-13(30)29-17(23)24;3*3-2(4,5)1(6)7/h1-3,5,8H,4,6-7,9H2,(H,26,31)(H,27,28)(H4,23,24,29,30);3*(H,6,7). The zero-order chi connectivity index (χ0) is 41.3. The fourth-order valence-electron chi connectivity index (χ4n) is 2.51. The lowest BCUT2D eigenvalue weighted by Crippen LogP contribution is -2.56. The number of guanidine groups is 1. The minimum atomic E-state index is -5.19. The maximum atomic E-state index is 14.8. The van der Waals surface area contributed by atoms with Gasteiger partial charge in [-0.05, 0) is 6.07 Å². The highest BCUT2D eigenvalue weighted by atomic mass is 35.5. The van der Waals surface area contributed by atoms with Crippen molar-refractivity contribution in [3.63, 3.8) is 0 Å². The quantitative estimate of drug-likeness (QED) is 0.0947. The van der Waals surface area contributed by atoms with Crippen LogP contribution in [0.25, 0.3) is 0 Å². The van der Waals surface area contributed by atoms with Gasteiger partial charge in [-0.15, -0.1) is 0 Å². The van der Waals surface area contributed by atoms with Crippen LogP contribution in [0.5, 0.6) is 0 Å². The zero-order valence-corrected chi connectivity index (χ0v) is 25.8. The second kappa shape index (κ2) is 20.9. The number of aromatic nitrogens is 2. The third kappa shape index (κ3) is 20.8. The average molecular weight is 800 g/mol. The predicted molar refractivity (Wildman–Crippen MR) is 137 cm³/mol. The Hall–Kier alpha value is -5.63. The van der Waals surface area contributed by atoms with Gasteiger partial charge in [-0.25, -0.2) is 15.3 Å². The summed E-state index contributed by atoms with van der Waals surface area (Å²) in [5, 5.41) is 38.3. The summed E-state index contributed by atoms with van der Waals surface area (Å²) in [5.74, 6) is -15.1. The number of anilines is 1. The lowest BCUT2D eigenvalue weighted by molar-refractivity contribution is -0.412. The third-order valence-corrected chi connectivity index (χ3v) is 5.03. The Balaban J connectivity index is 0. The van der Waals surface area contributed by atoms with Crippen molar-refractivity contribution < 1.29 is 107 Å². The molecule has 15 nitrogen and oxygen atoms in total. The lowest BCUT2D eigenvalue weighted by atomic mass is 10.1. The highest BCUT2D eigenvalue weighted by Gasteiger charge is 2.40. The number of carboxylic acids is 3. The van der Waals surface area contributed by atoms with Gasteiger partial charge >= 0.3 is 36.2 Å². The molecule has 52 heavy (non-hydrogen) atoms. The Morgan fingerprint density at radius 1 is 0.808 bits per heavy atom. The maximum Gasteiger partial charge on any atom is 0.430 e. The minimum absolute atomic E-state index is 0.0545. The molecule has 2 heterocycles. The molecule has 0 aliphatic rings. The molecule has 0 saturated carbocycles. The molecule has 0 atom stereocenters. The molecule has 0 aliphatic carbocycles. The number of amides is 2. The SMILES string of the molecule is NC(=[NH2+])NC(=O)CCNC(=O)Cc1c(Cl)c[nH+]c(NCC(F)(F)c2cccc[nH+]2)c1F.O=C([O-])C(F)(F)F.O=C([O-])C(F)(F)F.O=C([O-])C(F)(F)F. The fourth-order valence-corrected chi connectivity index (χ4v) is 2.71. The summed E-state index contributed by atoms with van der Waals surface area (Å²) in [6.07, 6.45) is -13.6. The van der Waals surface area contributed by atoms with Gasteiger partial charge in [0.05, 0.1) is 17.9 Å². The molecule has 2 aromatic rings. The Bertz CT molecular complexity index is 1490. The van der Waals surface area contributed by atoms with Crippen LogP contribution in [0.4, 0.5) is 58.5 Å². The van der Waals surface area contributed by atoms with E-state index in [2.05, 4.69) is 25.9 Å². The first-order valence-electron chi connectivity index (χ1n) is 12.7. The number of nitrogens with one attached hydrogen (secondary N) is 5. The molecule has 0 fully saturated rings. The van der Waals surface area contributed by atoms with Gasteiger partial charge in [0.1, 0.15) is 24.1 Å². The van der Waals surface area contributed by atoms with Crippen molar-refractivity contribution in [2.75, 3.05) is 18.4 Å². The molecule has 0 aromatic carbocycles. The van der Waals surface area contributed by atoms with Crippen molar-refractivity contribution in [2.24, 2.45) is 5.73 Å². The fraction of sp³-hybridized carbons (Fsp3) is 0.333. The van der Waals surface area contributed by atoms with Gasteiger partial charge in [0.2, 0.25) is 11.7 Å². The predicted octanol–water partition coefficient (Wildman–Crippen LogP) is -3.55. The van der Waals surface area contributed by atoms with Gasteiger partial charge in [-0.2, -0.15) is 52.7 Å². The van der Waals surface area contributed by atoms with E-state index < -0.39 is 73.0 Å². The summed E-state index contributed by atoms with van der Waals surface area (Å²) < 4.78 is 138. The van der Waals surface area contributed by atoms with Crippen LogP contribution in [0.15, 0.2) is 30.6 Å². The van der Waals surface area contributed by atoms with Crippen molar-refractivity contribution in [1.82, 2.24) is 10.6 Å². The largest absolute Gasteiger partial charge is 0.542 e. The zero-order valence-electron chi connectivity index (χ0n) is 25.0. The van der Waals surface area contributed by atoms with Gasteiger partial charge < -0.3 is 35.0 Å². The first-order chi connectivity index (χ1) is 23.4. The maximum absolute atomic E-state index is 14.8. The van der Waals surface area contributed by atoms with Crippen molar-refractivity contribution in [1.29, 1.82) is 0 Å². The van der Waals surface area contributed by atoms with Crippen LogP contribution >= 0.6 is 11.6 Å². The number of hydrogen-bond donors (Lipinski definition) is 5. The van der Waals surface area contributed by atoms with Crippen LogP contribution in [-0.2, 0) is 36.3 Å². The number of hydrogen-bond acceptors (Lipinski definition) is 9. The molecule has 292 valence electrons. The number of aromatic amines is 2. The topological polar surface area (TPSA) is 271 Å². The number of halogens is 13. The van der Waals surface area contributed by atoms with E-state index in [0.29, 0.717) is 0 Å². The third-order valence-electron chi connectivity index (χ3n) is 4.70. The number of carbonyl (C=O) groups excluding carboxylic acids is 5. The number of aliphatic carboxylic acids is 3. The van der Waals surface area contributed by atoms with Crippen LogP contribution in [0, 0.1) is 5.82 Å². The number of rotatable bonds is 9.